The molecule has 2 heterocycles. The summed E-state index contributed by atoms with van der Waals surface area (Å²) in [4.78, 5) is 12.3. The van der Waals surface area contributed by atoms with Crippen LogP contribution in [0.4, 0.5) is 5.95 Å². The van der Waals surface area contributed by atoms with Crippen molar-refractivity contribution in [2.24, 2.45) is 0 Å². The van der Waals surface area contributed by atoms with Gasteiger partial charge in [-0.3, -0.25) is 4.90 Å². The summed E-state index contributed by atoms with van der Waals surface area (Å²) in [6.45, 7) is 7.38. The predicted molar refractivity (Wildman–Crippen MR) is 112 cm³/mol. The molecule has 1 aliphatic heterocycles. The molecule has 142 valence electrons. The molecule has 2 aromatic carbocycles. The van der Waals surface area contributed by atoms with Crippen LogP contribution in [0.15, 0.2) is 54.6 Å². The fourth-order valence-electron chi connectivity index (χ4n) is 3.74. The van der Waals surface area contributed by atoms with Crippen LogP contribution in [0.1, 0.15) is 5.56 Å². The SMILES string of the molecule is CN(C)CCN1CCN(c2nc3ccccc3n2Cc2ccccc2)CC1. The molecule has 0 atom stereocenters. The van der Waals surface area contributed by atoms with Gasteiger partial charge in [0.05, 0.1) is 17.6 Å². The number of anilines is 1. The van der Waals surface area contributed by atoms with E-state index in [9.17, 15) is 0 Å². The Bertz CT molecular complexity index is 863. The van der Waals surface area contributed by atoms with Gasteiger partial charge in [-0.25, -0.2) is 4.98 Å². The van der Waals surface area contributed by atoms with Crippen molar-refractivity contribution >= 4 is 17.0 Å². The summed E-state index contributed by atoms with van der Waals surface area (Å²) in [5.74, 6) is 1.10. The largest absolute Gasteiger partial charge is 0.340 e. The summed E-state index contributed by atoms with van der Waals surface area (Å²) in [5, 5.41) is 0. The first-order valence-corrected chi connectivity index (χ1v) is 9.82. The van der Waals surface area contributed by atoms with E-state index in [0.29, 0.717) is 0 Å². The molecule has 1 aliphatic rings. The molecule has 3 aromatic rings. The molecule has 5 nitrogen and oxygen atoms in total. The molecule has 1 aromatic heterocycles. The number of para-hydroxylation sites is 2. The molecule has 0 saturated carbocycles. The minimum absolute atomic E-state index is 0.859. The lowest BCUT2D eigenvalue weighted by Gasteiger charge is -2.36. The molecule has 1 saturated heterocycles. The topological polar surface area (TPSA) is 27.5 Å². The molecule has 0 amide bonds. The van der Waals surface area contributed by atoms with E-state index in [1.165, 1.54) is 11.1 Å². The average Bonchev–Trinajstić information content (AvgIpc) is 3.06. The smallest absolute Gasteiger partial charge is 0.206 e. The van der Waals surface area contributed by atoms with E-state index in [1.807, 2.05) is 0 Å². The molecule has 5 heteroatoms. The zero-order valence-corrected chi connectivity index (χ0v) is 16.4. The van der Waals surface area contributed by atoms with E-state index in [2.05, 4.69) is 88.0 Å². The highest BCUT2D eigenvalue weighted by Gasteiger charge is 2.22. The van der Waals surface area contributed by atoms with E-state index in [4.69, 9.17) is 4.98 Å². The van der Waals surface area contributed by atoms with Crippen LogP contribution in [-0.4, -0.2) is 72.7 Å². The number of piperazine rings is 1. The van der Waals surface area contributed by atoms with Gasteiger partial charge in [0, 0.05) is 39.3 Å². The summed E-state index contributed by atoms with van der Waals surface area (Å²) in [5.41, 5.74) is 3.61. The number of hydrogen-bond acceptors (Lipinski definition) is 4. The highest BCUT2D eigenvalue weighted by atomic mass is 15.4. The molecule has 0 bridgehead atoms. The second-order valence-electron chi connectivity index (χ2n) is 7.60. The van der Waals surface area contributed by atoms with E-state index in [-0.39, 0.29) is 0 Å². The van der Waals surface area contributed by atoms with Gasteiger partial charge in [-0.15, -0.1) is 0 Å². The van der Waals surface area contributed by atoms with Crippen LogP contribution in [0.25, 0.3) is 11.0 Å². The lowest BCUT2D eigenvalue weighted by Crippen LogP contribution is -2.48. The standard InChI is InChI=1S/C22H29N5/c1-24(2)12-13-25-14-16-26(17-15-25)22-23-20-10-6-7-11-21(20)27(22)18-19-8-4-3-5-9-19/h3-11H,12-18H2,1-2H3. The first kappa shape index (κ1) is 18.0. The normalized spacial score (nSPS) is 15.7. The Labute approximate surface area is 161 Å². The highest BCUT2D eigenvalue weighted by Crippen LogP contribution is 2.25. The molecule has 0 unspecified atom stereocenters. The molecular weight excluding hydrogens is 334 g/mol. The number of nitrogens with zero attached hydrogens (tertiary/aromatic N) is 5. The van der Waals surface area contributed by atoms with Crippen molar-refractivity contribution in [2.45, 2.75) is 6.54 Å². The van der Waals surface area contributed by atoms with E-state index < -0.39 is 0 Å². The van der Waals surface area contributed by atoms with Crippen LogP contribution in [0.3, 0.4) is 0 Å². The van der Waals surface area contributed by atoms with Crippen LogP contribution < -0.4 is 4.90 Å². The maximum atomic E-state index is 4.99. The Balaban J connectivity index is 1.56. The number of rotatable bonds is 6. The molecule has 0 N–H and O–H groups in total. The number of fused-ring (bicyclic) bond motifs is 1. The minimum Gasteiger partial charge on any atom is -0.340 e. The summed E-state index contributed by atoms with van der Waals surface area (Å²) in [6, 6.07) is 19.2. The number of benzene rings is 2. The molecule has 0 aliphatic carbocycles. The van der Waals surface area contributed by atoms with Crippen molar-refractivity contribution in [1.29, 1.82) is 0 Å². The van der Waals surface area contributed by atoms with Crippen molar-refractivity contribution in [3.05, 3.63) is 60.2 Å². The third-order valence-electron chi connectivity index (χ3n) is 5.34. The Morgan fingerprint density at radius 1 is 0.889 bits per heavy atom. The first-order chi connectivity index (χ1) is 13.2. The van der Waals surface area contributed by atoms with Gasteiger partial charge >= 0.3 is 0 Å². The highest BCUT2D eigenvalue weighted by molar-refractivity contribution is 5.79. The van der Waals surface area contributed by atoms with Gasteiger partial charge in [0.2, 0.25) is 5.95 Å². The van der Waals surface area contributed by atoms with Crippen molar-refractivity contribution in [3.63, 3.8) is 0 Å². The van der Waals surface area contributed by atoms with Crippen molar-refractivity contribution in [3.8, 4) is 0 Å². The molecular formula is C22H29N5. The summed E-state index contributed by atoms with van der Waals surface area (Å²) in [6.07, 6.45) is 0. The molecule has 0 spiro atoms. The Morgan fingerprint density at radius 3 is 2.33 bits per heavy atom. The quantitative estimate of drug-likeness (QED) is 0.673. The summed E-state index contributed by atoms with van der Waals surface area (Å²) >= 11 is 0. The summed E-state index contributed by atoms with van der Waals surface area (Å²) < 4.78 is 2.38. The maximum absolute atomic E-state index is 4.99. The van der Waals surface area contributed by atoms with Gasteiger partial charge in [-0.2, -0.15) is 0 Å². The third-order valence-corrected chi connectivity index (χ3v) is 5.34. The van der Waals surface area contributed by atoms with Gasteiger partial charge in [0.1, 0.15) is 0 Å². The first-order valence-electron chi connectivity index (χ1n) is 9.82. The van der Waals surface area contributed by atoms with E-state index >= 15 is 0 Å². The Morgan fingerprint density at radius 2 is 1.59 bits per heavy atom. The van der Waals surface area contributed by atoms with Gasteiger partial charge < -0.3 is 14.4 Å². The van der Waals surface area contributed by atoms with Crippen molar-refractivity contribution < 1.29 is 0 Å². The number of imidazole rings is 1. The fourth-order valence-corrected chi connectivity index (χ4v) is 3.74. The van der Waals surface area contributed by atoms with Crippen LogP contribution in [0.5, 0.6) is 0 Å². The predicted octanol–water partition coefficient (Wildman–Crippen LogP) is 2.77. The van der Waals surface area contributed by atoms with E-state index in [0.717, 1.165) is 57.3 Å². The Hall–Kier alpha value is -2.37. The molecule has 1 fully saturated rings. The van der Waals surface area contributed by atoms with Crippen LogP contribution in [0, 0.1) is 0 Å². The van der Waals surface area contributed by atoms with Crippen LogP contribution >= 0.6 is 0 Å². The molecule has 27 heavy (non-hydrogen) atoms. The lowest BCUT2D eigenvalue weighted by atomic mass is 10.2. The maximum Gasteiger partial charge on any atom is 0.206 e. The molecule has 0 radical (unpaired) electrons. The summed E-state index contributed by atoms with van der Waals surface area (Å²) in [7, 11) is 4.28. The number of likely N-dealkylation sites (N-methyl/N-ethyl adjacent to an activating group) is 1. The zero-order chi connectivity index (χ0) is 18.6. The minimum atomic E-state index is 0.859. The monoisotopic (exact) mass is 363 g/mol. The second-order valence-corrected chi connectivity index (χ2v) is 7.60. The van der Waals surface area contributed by atoms with Crippen LogP contribution in [0.2, 0.25) is 0 Å². The Kier molecular flexibility index (Phi) is 5.41. The van der Waals surface area contributed by atoms with Crippen molar-refractivity contribution in [1.82, 2.24) is 19.4 Å². The molecule has 4 rings (SSSR count). The van der Waals surface area contributed by atoms with Crippen LogP contribution in [-0.2, 0) is 6.54 Å². The fraction of sp³-hybridized carbons (Fsp3) is 0.409. The third kappa shape index (κ3) is 4.15. The van der Waals surface area contributed by atoms with Gasteiger partial charge in [0.25, 0.3) is 0 Å². The van der Waals surface area contributed by atoms with Crippen molar-refractivity contribution in [2.75, 3.05) is 58.3 Å². The average molecular weight is 364 g/mol. The van der Waals surface area contributed by atoms with Gasteiger partial charge in [-0.05, 0) is 31.8 Å². The second kappa shape index (κ2) is 8.11. The van der Waals surface area contributed by atoms with E-state index in [1.54, 1.807) is 0 Å². The zero-order valence-electron chi connectivity index (χ0n) is 16.4. The van der Waals surface area contributed by atoms with Gasteiger partial charge in [-0.1, -0.05) is 42.5 Å². The number of aromatic nitrogens is 2. The lowest BCUT2D eigenvalue weighted by molar-refractivity contribution is 0.228. The van der Waals surface area contributed by atoms with Gasteiger partial charge in [0.15, 0.2) is 0 Å². The number of hydrogen-bond donors (Lipinski definition) is 0.